The van der Waals surface area contributed by atoms with Crippen LogP contribution in [-0.2, 0) is 11.4 Å². The van der Waals surface area contributed by atoms with Crippen molar-refractivity contribution in [2.45, 2.75) is 46.8 Å². The number of benzene rings is 1. The van der Waals surface area contributed by atoms with Gasteiger partial charge in [-0.3, -0.25) is 4.98 Å². The number of fused-ring (bicyclic) bond motifs is 1. The van der Waals surface area contributed by atoms with Crippen LogP contribution in [0.1, 0.15) is 38.4 Å². The maximum atomic E-state index is 5.54. The summed E-state index contributed by atoms with van der Waals surface area (Å²) in [5.74, 6) is 0. The fourth-order valence-electron chi connectivity index (χ4n) is 2.78. The second-order valence-electron chi connectivity index (χ2n) is 7.28. The Labute approximate surface area is 137 Å². The summed E-state index contributed by atoms with van der Waals surface area (Å²) in [4.78, 5) is 10.2. The van der Waals surface area contributed by atoms with Gasteiger partial charge in [0.1, 0.15) is 6.10 Å². The van der Waals surface area contributed by atoms with E-state index in [0.29, 0.717) is 0 Å². The van der Waals surface area contributed by atoms with Crippen LogP contribution in [0.15, 0.2) is 35.5 Å². The molecule has 1 unspecified atom stereocenters. The van der Waals surface area contributed by atoms with Crippen molar-refractivity contribution in [3.05, 3.63) is 41.6 Å². The quantitative estimate of drug-likeness (QED) is 0.933. The van der Waals surface area contributed by atoms with E-state index in [1.54, 1.807) is 0 Å². The van der Waals surface area contributed by atoms with Crippen molar-refractivity contribution in [2.75, 3.05) is 6.54 Å². The van der Waals surface area contributed by atoms with E-state index in [2.05, 4.69) is 61.4 Å². The van der Waals surface area contributed by atoms with Crippen LogP contribution >= 0.6 is 0 Å². The molecule has 1 aromatic heterocycles. The Kier molecular flexibility index (Phi) is 4.35. The minimum atomic E-state index is 0.0909. The van der Waals surface area contributed by atoms with E-state index < -0.39 is 0 Å². The Balaban J connectivity index is 1.57. The fraction of sp³-hybridized carbons (Fsp3) is 0.474. The highest BCUT2D eigenvalue weighted by atomic mass is 16.6. The summed E-state index contributed by atoms with van der Waals surface area (Å²) in [7, 11) is 0. The molecular formula is C19H25N3O. The molecule has 1 atom stereocenters. The lowest BCUT2D eigenvalue weighted by atomic mass is 9.87. The summed E-state index contributed by atoms with van der Waals surface area (Å²) < 4.78 is 0. The predicted octanol–water partition coefficient (Wildman–Crippen LogP) is 3.82. The smallest absolute Gasteiger partial charge is 0.145 e. The fourth-order valence-corrected chi connectivity index (χ4v) is 2.78. The molecule has 0 radical (unpaired) electrons. The number of pyridine rings is 1. The van der Waals surface area contributed by atoms with Crippen molar-refractivity contribution in [2.24, 2.45) is 10.6 Å². The zero-order chi connectivity index (χ0) is 16.4. The molecule has 0 saturated carbocycles. The normalized spacial score (nSPS) is 18.1. The van der Waals surface area contributed by atoms with E-state index in [1.165, 1.54) is 10.9 Å². The molecule has 0 fully saturated rings. The highest BCUT2D eigenvalue weighted by Crippen LogP contribution is 2.25. The first-order valence-electron chi connectivity index (χ1n) is 8.22. The number of para-hydroxylation sites is 1. The molecule has 0 saturated heterocycles. The minimum absolute atomic E-state index is 0.0909. The second-order valence-corrected chi connectivity index (χ2v) is 7.28. The van der Waals surface area contributed by atoms with Crippen molar-refractivity contribution in [1.29, 1.82) is 0 Å². The van der Waals surface area contributed by atoms with Crippen molar-refractivity contribution >= 4 is 16.6 Å². The first-order valence-corrected chi connectivity index (χ1v) is 8.22. The lowest BCUT2D eigenvalue weighted by Crippen LogP contribution is -2.29. The van der Waals surface area contributed by atoms with Crippen molar-refractivity contribution in [3.8, 4) is 0 Å². The van der Waals surface area contributed by atoms with E-state index in [9.17, 15) is 0 Å². The lowest BCUT2D eigenvalue weighted by Gasteiger charge is -2.17. The molecule has 3 rings (SSSR count). The Morgan fingerprint density at radius 3 is 2.78 bits per heavy atom. The van der Waals surface area contributed by atoms with Gasteiger partial charge in [0.25, 0.3) is 0 Å². The van der Waals surface area contributed by atoms with Gasteiger partial charge in [-0.2, -0.15) is 0 Å². The Bertz CT molecular complexity index is 731. The molecule has 2 aromatic rings. The molecule has 23 heavy (non-hydrogen) atoms. The Morgan fingerprint density at radius 1 is 1.26 bits per heavy atom. The monoisotopic (exact) mass is 311 g/mol. The van der Waals surface area contributed by atoms with Gasteiger partial charge >= 0.3 is 0 Å². The van der Waals surface area contributed by atoms with E-state index in [-0.39, 0.29) is 11.5 Å². The van der Waals surface area contributed by atoms with Crippen LogP contribution in [0.2, 0.25) is 0 Å². The first kappa shape index (κ1) is 15.9. The van der Waals surface area contributed by atoms with E-state index in [0.717, 1.165) is 36.4 Å². The Morgan fingerprint density at radius 2 is 2.04 bits per heavy atom. The van der Waals surface area contributed by atoms with Crippen LogP contribution in [0.3, 0.4) is 0 Å². The molecule has 0 bridgehead atoms. The van der Waals surface area contributed by atoms with Gasteiger partial charge < -0.3 is 10.2 Å². The van der Waals surface area contributed by atoms with Crippen LogP contribution in [-0.4, -0.2) is 23.3 Å². The maximum Gasteiger partial charge on any atom is 0.145 e. The van der Waals surface area contributed by atoms with Crippen molar-refractivity contribution < 1.29 is 4.84 Å². The zero-order valence-corrected chi connectivity index (χ0v) is 14.4. The number of hydrogen-bond acceptors (Lipinski definition) is 4. The number of oxime groups is 1. The third kappa shape index (κ3) is 3.70. The average molecular weight is 311 g/mol. The molecule has 0 spiro atoms. The molecule has 122 valence electrons. The van der Waals surface area contributed by atoms with E-state index in [4.69, 9.17) is 4.84 Å². The van der Waals surface area contributed by atoms with Crippen molar-refractivity contribution in [1.82, 2.24) is 10.3 Å². The van der Waals surface area contributed by atoms with Crippen LogP contribution in [0, 0.1) is 12.3 Å². The average Bonchev–Trinajstić information content (AvgIpc) is 2.97. The molecule has 1 N–H and O–H groups in total. The third-order valence-corrected chi connectivity index (χ3v) is 4.31. The SMILES string of the molecule is Cc1nc2ccccc2cc1CNCC1CC(C(C)(C)C)=NO1. The highest BCUT2D eigenvalue weighted by molar-refractivity contribution is 5.90. The van der Waals surface area contributed by atoms with Gasteiger partial charge in [-0.05, 0) is 24.6 Å². The van der Waals surface area contributed by atoms with Gasteiger partial charge in [-0.25, -0.2) is 0 Å². The highest BCUT2D eigenvalue weighted by Gasteiger charge is 2.29. The first-order chi connectivity index (χ1) is 10.9. The van der Waals surface area contributed by atoms with E-state index in [1.807, 2.05) is 12.1 Å². The van der Waals surface area contributed by atoms with Gasteiger partial charge in [0.15, 0.2) is 0 Å². The molecule has 4 nitrogen and oxygen atoms in total. The van der Waals surface area contributed by atoms with Crippen LogP contribution in [0.4, 0.5) is 0 Å². The molecular weight excluding hydrogens is 286 g/mol. The topological polar surface area (TPSA) is 46.5 Å². The summed E-state index contributed by atoms with van der Waals surface area (Å²) in [5.41, 5.74) is 4.60. The summed E-state index contributed by atoms with van der Waals surface area (Å²) in [5, 5.41) is 8.91. The summed E-state index contributed by atoms with van der Waals surface area (Å²) in [6.07, 6.45) is 1.05. The van der Waals surface area contributed by atoms with Crippen molar-refractivity contribution in [3.63, 3.8) is 0 Å². The minimum Gasteiger partial charge on any atom is -0.391 e. The van der Waals surface area contributed by atoms with Crippen LogP contribution < -0.4 is 5.32 Å². The molecule has 0 amide bonds. The second kappa shape index (κ2) is 6.28. The molecule has 2 heterocycles. The molecule has 1 aliphatic rings. The number of aromatic nitrogens is 1. The zero-order valence-electron chi connectivity index (χ0n) is 14.4. The summed E-state index contributed by atoms with van der Waals surface area (Å²) in [6, 6.07) is 10.5. The molecule has 0 aliphatic carbocycles. The number of hydrogen-bond donors (Lipinski definition) is 1. The van der Waals surface area contributed by atoms with Gasteiger partial charge in [0.2, 0.25) is 0 Å². The molecule has 1 aliphatic heterocycles. The molecule has 1 aromatic carbocycles. The van der Waals surface area contributed by atoms with E-state index >= 15 is 0 Å². The number of nitrogens with one attached hydrogen (secondary N) is 1. The standard InChI is InChI=1S/C19H25N3O/c1-13-15(9-14-7-5-6-8-17(14)21-13)11-20-12-16-10-18(22-23-16)19(2,3)4/h5-9,16,20H,10-12H2,1-4H3. The van der Waals surface area contributed by atoms with Gasteiger partial charge in [-0.15, -0.1) is 0 Å². The summed E-state index contributed by atoms with van der Waals surface area (Å²) in [6.45, 7) is 10.2. The number of nitrogens with zero attached hydrogens (tertiary/aromatic N) is 2. The van der Waals surface area contributed by atoms with Crippen LogP contribution in [0.25, 0.3) is 10.9 Å². The predicted molar refractivity (Wildman–Crippen MR) is 94.6 cm³/mol. The number of aryl methyl sites for hydroxylation is 1. The Hall–Kier alpha value is -1.94. The lowest BCUT2D eigenvalue weighted by molar-refractivity contribution is 0.0847. The molecule has 4 heteroatoms. The van der Waals surface area contributed by atoms with Gasteiger partial charge in [-0.1, -0.05) is 44.1 Å². The summed E-state index contributed by atoms with van der Waals surface area (Å²) >= 11 is 0. The number of rotatable bonds is 4. The third-order valence-electron chi connectivity index (χ3n) is 4.31. The van der Waals surface area contributed by atoms with Gasteiger partial charge in [0, 0.05) is 36.0 Å². The largest absolute Gasteiger partial charge is 0.391 e. The van der Waals surface area contributed by atoms with Crippen LogP contribution in [0.5, 0.6) is 0 Å². The van der Waals surface area contributed by atoms with Gasteiger partial charge in [0.05, 0.1) is 11.2 Å². The maximum absolute atomic E-state index is 5.54.